The molecule has 0 fully saturated rings. The lowest BCUT2D eigenvalue weighted by molar-refractivity contribution is -0.131. The first-order valence-electron chi connectivity index (χ1n) is 9.44. The summed E-state index contributed by atoms with van der Waals surface area (Å²) in [7, 11) is 0. The van der Waals surface area contributed by atoms with E-state index in [9.17, 15) is 9.90 Å². The van der Waals surface area contributed by atoms with Crippen molar-refractivity contribution in [1.29, 1.82) is 0 Å². The van der Waals surface area contributed by atoms with Crippen LogP contribution in [0.4, 0.5) is 0 Å². The number of allylic oxidation sites excluding steroid dienone is 3. The highest BCUT2D eigenvalue weighted by molar-refractivity contribution is 5.79. The van der Waals surface area contributed by atoms with Crippen molar-refractivity contribution in [2.45, 2.75) is 96.8 Å². The van der Waals surface area contributed by atoms with Crippen LogP contribution in [0, 0.1) is 0 Å². The summed E-state index contributed by atoms with van der Waals surface area (Å²) in [6, 6.07) is 0. The first-order chi connectivity index (χ1) is 11.2. The summed E-state index contributed by atoms with van der Waals surface area (Å²) in [5.74, 6) is -0.276. The lowest BCUT2D eigenvalue weighted by atomic mass is 10.1. The Labute approximate surface area is 142 Å². The third-order valence-electron chi connectivity index (χ3n) is 4.00. The Morgan fingerprint density at radius 2 is 1.35 bits per heavy atom. The molecule has 0 amide bonds. The van der Waals surface area contributed by atoms with Crippen LogP contribution in [0.1, 0.15) is 96.8 Å². The minimum Gasteiger partial charge on any atom is -0.513 e. The van der Waals surface area contributed by atoms with Gasteiger partial charge in [0, 0.05) is 12.5 Å². The van der Waals surface area contributed by atoms with Gasteiger partial charge in [0.2, 0.25) is 0 Å². The fourth-order valence-corrected chi connectivity index (χ4v) is 2.58. The summed E-state index contributed by atoms with van der Waals surface area (Å²) < 4.78 is 0. The highest BCUT2D eigenvalue weighted by Crippen LogP contribution is 2.13. The van der Waals surface area contributed by atoms with E-state index in [2.05, 4.69) is 6.92 Å². The topological polar surface area (TPSA) is 57.5 Å². The monoisotopic (exact) mass is 324 g/mol. The first kappa shape index (κ1) is 21.8. The van der Waals surface area contributed by atoms with Gasteiger partial charge in [0.1, 0.15) is 0 Å². The van der Waals surface area contributed by atoms with Crippen LogP contribution >= 0.6 is 0 Å². The number of carbonyl (C=O) groups is 1. The van der Waals surface area contributed by atoms with E-state index in [-0.39, 0.29) is 0 Å². The fourth-order valence-electron chi connectivity index (χ4n) is 2.58. The Bertz CT molecular complexity index is 332. The third kappa shape index (κ3) is 18.7. The van der Waals surface area contributed by atoms with Gasteiger partial charge in [-0.2, -0.15) is 0 Å². The molecule has 0 saturated heterocycles. The summed E-state index contributed by atoms with van der Waals surface area (Å²) in [6.45, 7) is 2.19. The molecule has 0 aliphatic carbocycles. The Kier molecular flexibility index (Phi) is 16.2. The lowest BCUT2D eigenvalue weighted by Crippen LogP contribution is -1.86. The SMILES string of the molecule is CCCCC/C=C(\O)CCCCCCCCCCC=CC(=O)O. The molecule has 0 aliphatic heterocycles. The van der Waals surface area contributed by atoms with Gasteiger partial charge in [0.05, 0.1) is 5.76 Å². The summed E-state index contributed by atoms with van der Waals surface area (Å²) in [4.78, 5) is 10.3. The van der Waals surface area contributed by atoms with Crippen LogP contribution in [-0.2, 0) is 4.79 Å². The zero-order valence-electron chi connectivity index (χ0n) is 14.9. The molecule has 23 heavy (non-hydrogen) atoms. The van der Waals surface area contributed by atoms with E-state index in [1.165, 1.54) is 63.9 Å². The maximum atomic E-state index is 10.3. The van der Waals surface area contributed by atoms with Gasteiger partial charge in [-0.25, -0.2) is 4.79 Å². The number of carboxylic acid groups (broad SMARTS) is 1. The van der Waals surface area contributed by atoms with Crippen LogP contribution in [0.15, 0.2) is 24.0 Å². The second kappa shape index (κ2) is 17.1. The van der Waals surface area contributed by atoms with E-state index < -0.39 is 5.97 Å². The molecule has 0 spiro atoms. The Morgan fingerprint density at radius 1 is 0.783 bits per heavy atom. The van der Waals surface area contributed by atoms with Gasteiger partial charge in [-0.3, -0.25) is 0 Å². The predicted octanol–water partition coefficient (Wildman–Crippen LogP) is 6.55. The van der Waals surface area contributed by atoms with E-state index in [1.54, 1.807) is 6.08 Å². The normalized spacial score (nSPS) is 12.1. The molecule has 0 aromatic heterocycles. The molecule has 0 aromatic carbocycles. The number of hydrogen-bond donors (Lipinski definition) is 2. The summed E-state index contributed by atoms with van der Waals surface area (Å²) >= 11 is 0. The number of carboxylic acids is 1. The zero-order valence-corrected chi connectivity index (χ0v) is 14.9. The van der Waals surface area contributed by atoms with E-state index in [1.807, 2.05) is 6.08 Å². The van der Waals surface area contributed by atoms with Crippen LogP contribution in [0.5, 0.6) is 0 Å². The molecule has 0 radical (unpaired) electrons. The van der Waals surface area contributed by atoms with Gasteiger partial charge in [-0.05, 0) is 38.2 Å². The standard InChI is InChI=1S/C20H36O3/c1-2-3-4-13-16-19(21)17-14-11-9-7-5-6-8-10-12-15-18-20(22)23/h15-16,18,21H,2-14,17H2,1H3,(H,22,23)/b18-15?,19-16-. The lowest BCUT2D eigenvalue weighted by Gasteiger charge is -2.02. The van der Waals surface area contributed by atoms with Crippen LogP contribution in [0.2, 0.25) is 0 Å². The van der Waals surface area contributed by atoms with Gasteiger partial charge in [0.15, 0.2) is 0 Å². The van der Waals surface area contributed by atoms with Gasteiger partial charge in [0.25, 0.3) is 0 Å². The number of aliphatic hydroxyl groups excluding tert-OH is 1. The smallest absolute Gasteiger partial charge is 0.327 e. The molecule has 0 rings (SSSR count). The zero-order chi connectivity index (χ0) is 17.2. The van der Waals surface area contributed by atoms with Crippen molar-refractivity contribution >= 4 is 5.97 Å². The minimum atomic E-state index is -0.855. The Balaban J connectivity index is 3.25. The van der Waals surface area contributed by atoms with Crippen LogP contribution in [0.3, 0.4) is 0 Å². The van der Waals surface area contributed by atoms with E-state index in [4.69, 9.17) is 5.11 Å². The van der Waals surface area contributed by atoms with Gasteiger partial charge < -0.3 is 10.2 Å². The van der Waals surface area contributed by atoms with Gasteiger partial charge in [-0.1, -0.05) is 64.4 Å². The van der Waals surface area contributed by atoms with E-state index in [0.29, 0.717) is 5.76 Å². The molecule has 0 aromatic rings. The molecule has 0 aliphatic rings. The number of aliphatic hydroxyl groups is 1. The molecular weight excluding hydrogens is 288 g/mol. The van der Waals surface area contributed by atoms with Crippen LogP contribution in [-0.4, -0.2) is 16.2 Å². The van der Waals surface area contributed by atoms with Gasteiger partial charge in [-0.15, -0.1) is 0 Å². The highest BCUT2D eigenvalue weighted by Gasteiger charge is 1.96. The molecule has 0 unspecified atom stereocenters. The molecule has 3 nitrogen and oxygen atoms in total. The van der Waals surface area contributed by atoms with Crippen molar-refractivity contribution in [3.8, 4) is 0 Å². The van der Waals surface area contributed by atoms with Crippen molar-refractivity contribution in [2.75, 3.05) is 0 Å². The number of rotatable bonds is 16. The van der Waals surface area contributed by atoms with Crippen molar-refractivity contribution in [3.05, 3.63) is 24.0 Å². The first-order valence-corrected chi connectivity index (χ1v) is 9.44. The maximum absolute atomic E-state index is 10.3. The largest absolute Gasteiger partial charge is 0.513 e. The quantitative estimate of drug-likeness (QED) is 0.192. The van der Waals surface area contributed by atoms with E-state index in [0.717, 1.165) is 32.1 Å². The molecule has 0 saturated carbocycles. The van der Waals surface area contributed by atoms with Crippen molar-refractivity contribution < 1.29 is 15.0 Å². The van der Waals surface area contributed by atoms with Gasteiger partial charge >= 0.3 is 5.97 Å². The van der Waals surface area contributed by atoms with Crippen molar-refractivity contribution in [2.24, 2.45) is 0 Å². The van der Waals surface area contributed by atoms with Crippen molar-refractivity contribution in [1.82, 2.24) is 0 Å². The summed E-state index contributed by atoms with van der Waals surface area (Å²) in [5.41, 5.74) is 0. The molecule has 3 heteroatoms. The molecule has 0 bridgehead atoms. The third-order valence-corrected chi connectivity index (χ3v) is 4.00. The average Bonchev–Trinajstić information content (AvgIpc) is 2.52. The predicted molar refractivity (Wildman–Crippen MR) is 97.8 cm³/mol. The minimum absolute atomic E-state index is 0.579. The molecule has 0 heterocycles. The van der Waals surface area contributed by atoms with E-state index >= 15 is 0 Å². The average molecular weight is 325 g/mol. The van der Waals surface area contributed by atoms with Crippen molar-refractivity contribution in [3.63, 3.8) is 0 Å². The number of aliphatic carboxylic acids is 1. The maximum Gasteiger partial charge on any atom is 0.327 e. The Hall–Kier alpha value is -1.25. The molecular formula is C20H36O3. The van der Waals surface area contributed by atoms with Crippen LogP contribution in [0.25, 0.3) is 0 Å². The van der Waals surface area contributed by atoms with Crippen LogP contribution < -0.4 is 0 Å². The molecule has 0 atom stereocenters. The summed E-state index contributed by atoms with van der Waals surface area (Å²) in [5, 5.41) is 18.2. The molecule has 134 valence electrons. The molecule has 2 N–H and O–H groups in total. The number of hydrogen-bond acceptors (Lipinski definition) is 2. The summed E-state index contributed by atoms with van der Waals surface area (Å²) in [6.07, 6.45) is 20.9. The highest BCUT2D eigenvalue weighted by atomic mass is 16.4. The fraction of sp³-hybridized carbons (Fsp3) is 0.750. The number of unbranched alkanes of at least 4 members (excludes halogenated alkanes) is 11. The second-order valence-electron chi connectivity index (χ2n) is 6.30. The Morgan fingerprint density at radius 3 is 1.96 bits per heavy atom. The second-order valence-corrected chi connectivity index (χ2v) is 6.30.